The molecule has 100 valence electrons. The van der Waals surface area contributed by atoms with E-state index in [2.05, 4.69) is 52.0 Å². The number of halogens is 1. The minimum atomic E-state index is 0.813. The first-order valence-electron chi connectivity index (χ1n) is 6.45. The number of nitrogens with zero attached hydrogens (tertiary/aromatic N) is 2. The second kappa shape index (κ2) is 6.04. The number of anilines is 1. The molecule has 1 unspecified atom stereocenters. The lowest BCUT2D eigenvalue weighted by molar-refractivity contribution is 0.267. The average molecular weight is 312 g/mol. The zero-order valence-corrected chi connectivity index (χ0v) is 12.8. The third kappa shape index (κ3) is 3.70. The molecule has 0 bridgehead atoms. The molecule has 1 fully saturated rings. The van der Waals surface area contributed by atoms with E-state index in [1.165, 1.54) is 31.6 Å². The fourth-order valence-electron chi connectivity index (χ4n) is 2.68. The van der Waals surface area contributed by atoms with Crippen molar-refractivity contribution in [2.75, 3.05) is 39.5 Å². The van der Waals surface area contributed by atoms with Gasteiger partial charge in [-0.2, -0.15) is 0 Å². The van der Waals surface area contributed by atoms with Crippen LogP contribution in [0.15, 0.2) is 22.7 Å². The van der Waals surface area contributed by atoms with Gasteiger partial charge < -0.3 is 15.5 Å². The van der Waals surface area contributed by atoms with Crippen LogP contribution in [0.25, 0.3) is 0 Å². The van der Waals surface area contributed by atoms with Gasteiger partial charge in [-0.25, -0.2) is 0 Å². The lowest BCUT2D eigenvalue weighted by Crippen LogP contribution is -2.27. The first-order valence-corrected chi connectivity index (χ1v) is 7.25. The van der Waals surface area contributed by atoms with E-state index in [-0.39, 0.29) is 0 Å². The summed E-state index contributed by atoms with van der Waals surface area (Å²) in [5.41, 5.74) is 8.01. The van der Waals surface area contributed by atoms with Gasteiger partial charge >= 0.3 is 0 Å². The van der Waals surface area contributed by atoms with E-state index in [0.717, 1.165) is 22.6 Å². The number of likely N-dealkylation sites (tertiary alicyclic amines) is 1. The summed E-state index contributed by atoms with van der Waals surface area (Å²) in [5.74, 6) is 0.813. The van der Waals surface area contributed by atoms with Crippen molar-refractivity contribution in [3.63, 3.8) is 0 Å². The summed E-state index contributed by atoms with van der Waals surface area (Å²) >= 11 is 3.43. The van der Waals surface area contributed by atoms with Crippen molar-refractivity contribution in [1.82, 2.24) is 9.80 Å². The van der Waals surface area contributed by atoms with Gasteiger partial charge in [-0.1, -0.05) is 6.07 Å². The molecule has 0 spiro atoms. The van der Waals surface area contributed by atoms with Crippen LogP contribution in [0.2, 0.25) is 0 Å². The Morgan fingerprint density at radius 2 is 2.28 bits per heavy atom. The molecule has 1 aromatic carbocycles. The maximum atomic E-state index is 5.91. The predicted molar refractivity (Wildman–Crippen MR) is 80.5 cm³/mol. The number of nitrogen functional groups attached to an aromatic ring is 1. The molecule has 1 aliphatic rings. The highest BCUT2D eigenvalue weighted by Gasteiger charge is 2.20. The maximum absolute atomic E-state index is 5.91. The molecule has 0 amide bonds. The van der Waals surface area contributed by atoms with Gasteiger partial charge in [0.1, 0.15) is 0 Å². The Morgan fingerprint density at radius 1 is 1.50 bits per heavy atom. The molecule has 4 heteroatoms. The summed E-state index contributed by atoms with van der Waals surface area (Å²) in [4.78, 5) is 4.81. The number of nitrogens with two attached hydrogens (primary N) is 1. The van der Waals surface area contributed by atoms with Crippen LogP contribution in [-0.2, 0) is 6.54 Å². The van der Waals surface area contributed by atoms with Crippen LogP contribution in [0, 0.1) is 5.92 Å². The van der Waals surface area contributed by atoms with Gasteiger partial charge in [0.25, 0.3) is 0 Å². The Bertz CT molecular complexity index is 408. The molecule has 18 heavy (non-hydrogen) atoms. The van der Waals surface area contributed by atoms with E-state index >= 15 is 0 Å². The van der Waals surface area contributed by atoms with Crippen molar-refractivity contribution in [2.24, 2.45) is 5.92 Å². The van der Waals surface area contributed by atoms with E-state index in [1.54, 1.807) is 0 Å². The lowest BCUT2D eigenvalue weighted by atomic mass is 10.1. The van der Waals surface area contributed by atoms with Crippen molar-refractivity contribution in [1.29, 1.82) is 0 Å². The molecule has 2 rings (SSSR count). The monoisotopic (exact) mass is 311 g/mol. The van der Waals surface area contributed by atoms with Crippen LogP contribution in [0.3, 0.4) is 0 Å². The molecular weight excluding hydrogens is 290 g/mol. The smallest absolute Gasteiger partial charge is 0.0461 e. The van der Waals surface area contributed by atoms with E-state index in [4.69, 9.17) is 5.73 Å². The molecule has 2 N–H and O–H groups in total. The number of hydrogen-bond donors (Lipinski definition) is 1. The van der Waals surface area contributed by atoms with E-state index in [9.17, 15) is 0 Å². The summed E-state index contributed by atoms with van der Waals surface area (Å²) in [6, 6.07) is 6.22. The van der Waals surface area contributed by atoms with Gasteiger partial charge in [0, 0.05) is 29.8 Å². The second-order valence-corrected chi connectivity index (χ2v) is 6.32. The topological polar surface area (TPSA) is 32.5 Å². The number of hydrogen-bond acceptors (Lipinski definition) is 3. The molecule has 1 aliphatic heterocycles. The van der Waals surface area contributed by atoms with Crippen LogP contribution in [0.1, 0.15) is 12.0 Å². The first-order chi connectivity index (χ1) is 8.54. The predicted octanol–water partition coefficient (Wildman–Crippen LogP) is 2.41. The Balaban J connectivity index is 1.86. The fraction of sp³-hybridized carbons (Fsp3) is 0.571. The van der Waals surface area contributed by atoms with Gasteiger partial charge in [-0.3, -0.25) is 0 Å². The van der Waals surface area contributed by atoms with Gasteiger partial charge in [0.05, 0.1) is 0 Å². The van der Waals surface area contributed by atoms with E-state index in [0.29, 0.717) is 0 Å². The minimum absolute atomic E-state index is 0.813. The average Bonchev–Trinajstić information content (AvgIpc) is 2.69. The highest BCUT2D eigenvalue weighted by Crippen LogP contribution is 2.21. The normalized spacial score (nSPS) is 20.8. The largest absolute Gasteiger partial charge is 0.398 e. The molecule has 1 atom stereocenters. The molecular formula is C14H22BrN3. The highest BCUT2D eigenvalue weighted by atomic mass is 79.9. The highest BCUT2D eigenvalue weighted by molar-refractivity contribution is 9.10. The van der Waals surface area contributed by atoms with Gasteiger partial charge in [0.15, 0.2) is 0 Å². The molecule has 0 aromatic heterocycles. The summed E-state index contributed by atoms with van der Waals surface area (Å²) < 4.78 is 0.978. The molecule has 3 nitrogen and oxygen atoms in total. The van der Waals surface area contributed by atoms with Crippen LogP contribution < -0.4 is 5.73 Å². The van der Waals surface area contributed by atoms with Crippen molar-refractivity contribution >= 4 is 21.6 Å². The summed E-state index contributed by atoms with van der Waals surface area (Å²) in [7, 11) is 4.39. The zero-order valence-electron chi connectivity index (χ0n) is 11.2. The summed E-state index contributed by atoms with van der Waals surface area (Å²) in [5, 5.41) is 0. The molecule has 0 aliphatic carbocycles. The van der Waals surface area contributed by atoms with Crippen molar-refractivity contribution in [2.45, 2.75) is 13.0 Å². The minimum Gasteiger partial charge on any atom is -0.398 e. The Kier molecular flexibility index (Phi) is 4.65. The molecule has 0 radical (unpaired) electrons. The van der Waals surface area contributed by atoms with Crippen molar-refractivity contribution < 1.29 is 0 Å². The van der Waals surface area contributed by atoms with E-state index in [1.807, 2.05) is 6.07 Å². The van der Waals surface area contributed by atoms with E-state index < -0.39 is 0 Å². The van der Waals surface area contributed by atoms with Crippen LogP contribution >= 0.6 is 15.9 Å². The molecule has 1 heterocycles. The summed E-state index contributed by atoms with van der Waals surface area (Å²) in [6.07, 6.45) is 1.32. The Labute approximate surface area is 118 Å². The van der Waals surface area contributed by atoms with Crippen LogP contribution in [0.4, 0.5) is 5.69 Å². The van der Waals surface area contributed by atoms with Gasteiger partial charge in [-0.05, 0) is 66.6 Å². The first kappa shape index (κ1) is 13.8. The quantitative estimate of drug-likeness (QED) is 0.867. The second-order valence-electron chi connectivity index (χ2n) is 5.47. The van der Waals surface area contributed by atoms with Crippen molar-refractivity contribution in [3.05, 3.63) is 28.2 Å². The standard InChI is InChI=1S/C14H22BrN3/c1-17-6-5-12(9-17)10-18(2)8-11-3-4-13(15)14(16)7-11/h3-4,7,12H,5-6,8-10,16H2,1-2H3. The molecule has 1 aromatic rings. The number of benzene rings is 1. The van der Waals surface area contributed by atoms with Crippen molar-refractivity contribution in [3.8, 4) is 0 Å². The van der Waals surface area contributed by atoms with Gasteiger partial charge in [0.2, 0.25) is 0 Å². The Hall–Kier alpha value is -0.580. The SMILES string of the molecule is CN1CCC(CN(C)Cc2ccc(Br)c(N)c2)C1. The third-order valence-corrected chi connectivity index (χ3v) is 4.29. The summed E-state index contributed by atoms with van der Waals surface area (Å²) in [6.45, 7) is 4.61. The zero-order chi connectivity index (χ0) is 13.1. The molecule has 1 saturated heterocycles. The lowest BCUT2D eigenvalue weighted by Gasteiger charge is -2.21. The number of rotatable bonds is 4. The maximum Gasteiger partial charge on any atom is 0.0461 e. The third-order valence-electron chi connectivity index (χ3n) is 3.57. The van der Waals surface area contributed by atoms with Gasteiger partial charge in [-0.15, -0.1) is 0 Å². The van der Waals surface area contributed by atoms with Crippen LogP contribution in [-0.4, -0.2) is 43.5 Å². The fourth-order valence-corrected chi connectivity index (χ4v) is 2.93. The van der Waals surface area contributed by atoms with Crippen LogP contribution in [0.5, 0.6) is 0 Å². The Morgan fingerprint density at radius 3 is 2.89 bits per heavy atom. The molecule has 0 saturated carbocycles.